The highest BCUT2D eigenvalue weighted by molar-refractivity contribution is 6.02. The molecule has 0 fully saturated rings. The molecule has 0 amide bonds. The Hall–Kier alpha value is -2.38. The first-order valence-electron chi connectivity index (χ1n) is 9.06. The van der Waals surface area contributed by atoms with Gasteiger partial charge < -0.3 is 19.5 Å². The quantitative estimate of drug-likeness (QED) is 0.451. The van der Waals surface area contributed by atoms with Crippen molar-refractivity contribution in [3.05, 3.63) is 51.8 Å². The predicted molar refractivity (Wildman–Crippen MR) is 105 cm³/mol. The Morgan fingerprint density at radius 2 is 2.04 bits per heavy atom. The van der Waals surface area contributed by atoms with E-state index in [2.05, 4.69) is 4.90 Å². The monoisotopic (exact) mass is 378 g/mol. The second kappa shape index (κ2) is 11.4. The van der Waals surface area contributed by atoms with Gasteiger partial charge in [0.25, 0.3) is 0 Å². The first kappa shape index (κ1) is 22.7. The molecule has 0 atom stereocenters. The number of aromatic hydroxyl groups is 1. The molecule has 7 nitrogen and oxygen atoms in total. The van der Waals surface area contributed by atoms with Gasteiger partial charge in [0.2, 0.25) is 17.0 Å². The van der Waals surface area contributed by atoms with Gasteiger partial charge in [-0.25, -0.2) is 0 Å². The van der Waals surface area contributed by atoms with E-state index in [0.29, 0.717) is 18.7 Å². The van der Waals surface area contributed by atoms with Crippen LogP contribution in [-0.4, -0.2) is 59.0 Å². The second-order valence-corrected chi connectivity index (χ2v) is 6.51. The molecule has 0 saturated carbocycles. The highest BCUT2D eigenvalue weighted by atomic mass is 16.4. The van der Waals surface area contributed by atoms with Crippen molar-refractivity contribution in [2.45, 2.75) is 33.7 Å². The third-order valence-electron chi connectivity index (χ3n) is 4.22. The summed E-state index contributed by atoms with van der Waals surface area (Å²) in [6, 6.07) is 1.19. The van der Waals surface area contributed by atoms with Gasteiger partial charge in [-0.05, 0) is 58.6 Å². The lowest BCUT2D eigenvalue weighted by Crippen LogP contribution is -2.29. The van der Waals surface area contributed by atoms with Crippen LogP contribution in [0.3, 0.4) is 0 Å². The fraction of sp³-hybridized carbons (Fsp3) is 0.500. The normalized spacial score (nSPS) is 12.8. The molecule has 2 N–H and O–H groups in total. The van der Waals surface area contributed by atoms with Gasteiger partial charge in [-0.3, -0.25) is 14.5 Å². The molecular formula is C20H30N2O5. The third kappa shape index (κ3) is 7.40. The van der Waals surface area contributed by atoms with Crippen molar-refractivity contribution in [3.8, 4) is 5.75 Å². The van der Waals surface area contributed by atoms with Crippen molar-refractivity contribution in [1.82, 2.24) is 9.80 Å². The third-order valence-corrected chi connectivity index (χ3v) is 4.22. The Bertz CT molecular complexity index is 736. The van der Waals surface area contributed by atoms with Crippen molar-refractivity contribution in [1.29, 1.82) is 0 Å². The van der Waals surface area contributed by atoms with Crippen molar-refractivity contribution >= 4 is 5.78 Å². The molecule has 0 aliphatic heterocycles. The Morgan fingerprint density at radius 1 is 1.33 bits per heavy atom. The van der Waals surface area contributed by atoms with E-state index in [1.54, 1.807) is 19.9 Å². The number of likely N-dealkylation sites (N-methyl/N-ethyl adjacent to an activating group) is 1. The summed E-state index contributed by atoms with van der Waals surface area (Å²) >= 11 is 0. The molecule has 1 rings (SSSR count). The zero-order valence-electron chi connectivity index (χ0n) is 16.6. The maximum Gasteiger partial charge on any atom is 0.226 e. The van der Waals surface area contributed by atoms with Crippen LogP contribution in [0.15, 0.2) is 45.0 Å². The van der Waals surface area contributed by atoms with Gasteiger partial charge in [0, 0.05) is 12.6 Å². The van der Waals surface area contributed by atoms with Gasteiger partial charge in [-0.1, -0.05) is 13.0 Å². The van der Waals surface area contributed by atoms with Crippen molar-refractivity contribution in [2.75, 3.05) is 33.2 Å². The number of nitrogens with zero attached hydrogens (tertiary/aromatic N) is 2. The Morgan fingerprint density at radius 3 is 2.67 bits per heavy atom. The van der Waals surface area contributed by atoms with Gasteiger partial charge in [-0.2, -0.15) is 0 Å². The van der Waals surface area contributed by atoms with Crippen molar-refractivity contribution in [3.63, 3.8) is 0 Å². The maximum absolute atomic E-state index is 11.7. The fourth-order valence-electron chi connectivity index (χ4n) is 2.68. The molecule has 0 saturated heterocycles. The standard InChI is InChI=1S/C20H30N2O5/c1-5-8-16(23)19(25)15(3)13-21(4)10-7-11-22(6-2)14-18-20(26)17(24)9-12-27-18/h5,8-9,12,25-26H,6-7,10-11,13-14H2,1-4H3/b8-5-,19-15-. The number of hydrogen-bond donors (Lipinski definition) is 2. The predicted octanol–water partition coefficient (Wildman–Crippen LogP) is 2.47. The van der Waals surface area contributed by atoms with Gasteiger partial charge >= 0.3 is 0 Å². The van der Waals surface area contributed by atoms with Gasteiger partial charge in [-0.15, -0.1) is 0 Å². The molecule has 1 heterocycles. The van der Waals surface area contributed by atoms with Crippen LogP contribution in [-0.2, 0) is 11.3 Å². The number of ketones is 1. The van der Waals surface area contributed by atoms with E-state index in [1.165, 1.54) is 18.4 Å². The summed E-state index contributed by atoms with van der Waals surface area (Å²) < 4.78 is 5.25. The number of aliphatic hydroxyl groups excluding tert-OH is 1. The molecule has 0 unspecified atom stereocenters. The average Bonchev–Trinajstić information content (AvgIpc) is 2.63. The Balaban J connectivity index is 2.52. The van der Waals surface area contributed by atoms with Crippen LogP contribution in [0.4, 0.5) is 0 Å². The summed E-state index contributed by atoms with van der Waals surface area (Å²) in [4.78, 5) is 27.2. The van der Waals surface area contributed by atoms with E-state index < -0.39 is 5.43 Å². The lowest BCUT2D eigenvalue weighted by Gasteiger charge is -2.22. The first-order chi connectivity index (χ1) is 12.8. The average molecular weight is 378 g/mol. The molecule has 0 bridgehead atoms. The number of carbonyl (C=O) groups excluding carboxylic acids is 1. The largest absolute Gasteiger partial charge is 0.504 e. The van der Waals surface area contributed by atoms with E-state index in [4.69, 9.17) is 4.42 Å². The minimum Gasteiger partial charge on any atom is -0.504 e. The summed E-state index contributed by atoms with van der Waals surface area (Å²) in [7, 11) is 1.93. The number of allylic oxidation sites excluding steroid dienone is 2. The highest BCUT2D eigenvalue weighted by Crippen LogP contribution is 2.14. The lowest BCUT2D eigenvalue weighted by molar-refractivity contribution is -0.113. The van der Waals surface area contributed by atoms with Crippen LogP contribution >= 0.6 is 0 Å². The van der Waals surface area contributed by atoms with E-state index in [1.807, 2.05) is 18.9 Å². The molecule has 0 spiro atoms. The SMILES string of the molecule is C/C=C\C(=O)/C(O)=C(\C)CN(C)CCCN(CC)Cc1occc(=O)c1O. The van der Waals surface area contributed by atoms with Crippen LogP contribution in [0, 0.1) is 0 Å². The molecule has 27 heavy (non-hydrogen) atoms. The number of hydrogen-bond acceptors (Lipinski definition) is 7. The Kier molecular flexibility index (Phi) is 9.53. The molecule has 0 radical (unpaired) electrons. The topological polar surface area (TPSA) is 94.2 Å². The zero-order valence-corrected chi connectivity index (χ0v) is 16.6. The fourth-order valence-corrected chi connectivity index (χ4v) is 2.68. The summed E-state index contributed by atoms with van der Waals surface area (Å²) in [6.45, 7) is 8.60. The van der Waals surface area contributed by atoms with Crippen molar-refractivity contribution in [2.24, 2.45) is 0 Å². The summed E-state index contributed by atoms with van der Waals surface area (Å²) in [5, 5.41) is 19.7. The van der Waals surface area contributed by atoms with E-state index in [0.717, 1.165) is 26.1 Å². The molecular weight excluding hydrogens is 348 g/mol. The molecule has 1 aromatic heterocycles. The zero-order chi connectivity index (χ0) is 20.4. The van der Waals surface area contributed by atoms with Crippen LogP contribution in [0.1, 0.15) is 33.0 Å². The molecule has 0 aliphatic carbocycles. The second-order valence-electron chi connectivity index (χ2n) is 6.51. The number of aliphatic hydroxyl groups is 1. The molecule has 1 aromatic rings. The van der Waals surface area contributed by atoms with Crippen molar-refractivity contribution < 1.29 is 19.4 Å². The lowest BCUT2D eigenvalue weighted by atomic mass is 10.1. The Labute approximate surface area is 160 Å². The smallest absolute Gasteiger partial charge is 0.226 e. The van der Waals surface area contributed by atoms with Gasteiger partial charge in [0.05, 0.1) is 12.8 Å². The van der Waals surface area contributed by atoms with Gasteiger partial charge in [0.1, 0.15) is 0 Å². The molecule has 0 aromatic carbocycles. The van der Waals surface area contributed by atoms with E-state index >= 15 is 0 Å². The molecule has 0 aliphatic rings. The van der Waals surface area contributed by atoms with Crippen LogP contribution in [0.5, 0.6) is 5.75 Å². The van der Waals surface area contributed by atoms with Gasteiger partial charge in [0.15, 0.2) is 11.5 Å². The van der Waals surface area contributed by atoms with Crippen LogP contribution in [0.2, 0.25) is 0 Å². The summed E-state index contributed by atoms with van der Waals surface area (Å²) in [5.41, 5.74) is 0.186. The van der Waals surface area contributed by atoms with E-state index in [9.17, 15) is 19.8 Å². The number of carbonyl (C=O) groups is 1. The molecule has 150 valence electrons. The summed E-state index contributed by atoms with van der Waals surface area (Å²) in [5.74, 6) is -0.659. The maximum atomic E-state index is 11.7. The van der Waals surface area contributed by atoms with Crippen LogP contribution < -0.4 is 5.43 Å². The first-order valence-corrected chi connectivity index (χ1v) is 9.06. The minimum atomic E-state index is -0.443. The van der Waals surface area contributed by atoms with E-state index in [-0.39, 0.29) is 23.1 Å². The van der Waals surface area contributed by atoms with Crippen LogP contribution in [0.25, 0.3) is 0 Å². The number of rotatable bonds is 11. The minimum absolute atomic E-state index is 0.204. The highest BCUT2D eigenvalue weighted by Gasteiger charge is 2.13. The molecule has 7 heteroatoms. The summed E-state index contributed by atoms with van der Waals surface area (Å²) in [6.07, 6.45) is 5.07.